The number of amides is 1. The summed E-state index contributed by atoms with van der Waals surface area (Å²) in [7, 11) is 0. The van der Waals surface area contributed by atoms with E-state index in [1.54, 1.807) is 0 Å². The first-order valence-corrected chi connectivity index (χ1v) is 5.91. The van der Waals surface area contributed by atoms with E-state index in [1.165, 1.54) is 19.3 Å². The number of piperidine rings is 1. The number of nitrogens with one attached hydrogen (secondary N) is 1. The van der Waals surface area contributed by atoms with Gasteiger partial charge >= 0.3 is 0 Å². The van der Waals surface area contributed by atoms with Gasteiger partial charge in [-0.1, -0.05) is 22.4 Å². The summed E-state index contributed by atoms with van der Waals surface area (Å²) in [6, 6.07) is 0.929. The van der Waals surface area contributed by atoms with Crippen LogP contribution in [0, 0.1) is 0 Å². The van der Waals surface area contributed by atoms with Crippen LogP contribution >= 0.6 is 15.9 Å². The van der Waals surface area contributed by atoms with Gasteiger partial charge < -0.3 is 0 Å². The number of halogens is 1. The molecule has 2 atom stereocenters. The van der Waals surface area contributed by atoms with Crippen molar-refractivity contribution in [3.05, 3.63) is 0 Å². The molecule has 1 N–H and O–H groups in total. The molecule has 0 spiro atoms. The van der Waals surface area contributed by atoms with Crippen molar-refractivity contribution in [3.63, 3.8) is 0 Å². The summed E-state index contributed by atoms with van der Waals surface area (Å²) in [5, 5.41) is 2.45. The van der Waals surface area contributed by atoms with E-state index in [9.17, 15) is 4.79 Å². The van der Waals surface area contributed by atoms with E-state index in [0.29, 0.717) is 17.4 Å². The van der Waals surface area contributed by atoms with Crippen LogP contribution in [-0.4, -0.2) is 28.3 Å². The molecule has 0 aromatic rings. The second-order valence-electron chi connectivity index (χ2n) is 3.70. The van der Waals surface area contributed by atoms with Crippen molar-refractivity contribution in [2.24, 2.45) is 0 Å². The summed E-state index contributed by atoms with van der Waals surface area (Å²) in [5.74, 6) is 0.0422. The van der Waals surface area contributed by atoms with E-state index in [0.717, 1.165) is 0 Å². The second kappa shape index (κ2) is 4.96. The molecule has 1 saturated heterocycles. The van der Waals surface area contributed by atoms with Crippen LogP contribution in [0.15, 0.2) is 0 Å². The van der Waals surface area contributed by atoms with E-state index >= 15 is 0 Å². The summed E-state index contributed by atoms with van der Waals surface area (Å²) in [6.07, 6.45) is 3.61. The lowest BCUT2D eigenvalue weighted by atomic mass is 10.00. The number of rotatable bonds is 2. The Labute approximate surface area is 88.0 Å². The fourth-order valence-electron chi connectivity index (χ4n) is 1.82. The maximum atomic E-state index is 11.2. The molecule has 0 saturated carbocycles. The topological polar surface area (TPSA) is 32.3 Å². The minimum atomic E-state index is 0.0422. The van der Waals surface area contributed by atoms with Crippen molar-refractivity contribution in [1.82, 2.24) is 10.4 Å². The van der Waals surface area contributed by atoms with Gasteiger partial charge in [-0.2, -0.15) is 0 Å². The molecular weight excluding hydrogens is 232 g/mol. The Balaban J connectivity index is 2.48. The monoisotopic (exact) mass is 248 g/mol. The molecule has 4 heteroatoms. The Kier molecular flexibility index (Phi) is 4.19. The van der Waals surface area contributed by atoms with Gasteiger partial charge in [0, 0.05) is 12.1 Å². The van der Waals surface area contributed by atoms with Crippen molar-refractivity contribution in [3.8, 4) is 0 Å². The minimum absolute atomic E-state index is 0.0422. The molecule has 0 radical (unpaired) electrons. The molecule has 0 bridgehead atoms. The molecule has 13 heavy (non-hydrogen) atoms. The third kappa shape index (κ3) is 2.95. The van der Waals surface area contributed by atoms with Gasteiger partial charge in [-0.3, -0.25) is 10.2 Å². The first-order chi connectivity index (χ1) is 6.15. The van der Waals surface area contributed by atoms with Gasteiger partial charge in [0.15, 0.2) is 0 Å². The highest BCUT2D eigenvalue weighted by atomic mass is 79.9. The zero-order valence-electron chi connectivity index (χ0n) is 8.22. The highest BCUT2D eigenvalue weighted by Gasteiger charge is 2.25. The first-order valence-electron chi connectivity index (χ1n) is 4.79. The maximum Gasteiger partial charge on any atom is 0.244 e. The maximum absolute atomic E-state index is 11.2. The zero-order chi connectivity index (χ0) is 9.84. The van der Waals surface area contributed by atoms with Gasteiger partial charge in [-0.15, -0.1) is 0 Å². The highest BCUT2D eigenvalue weighted by molar-refractivity contribution is 9.09. The van der Waals surface area contributed by atoms with Crippen molar-refractivity contribution >= 4 is 21.8 Å². The lowest BCUT2D eigenvalue weighted by Crippen LogP contribution is -2.54. The number of hydrogen-bond donors (Lipinski definition) is 1. The van der Waals surface area contributed by atoms with Crippen LogP contribution in [0.3, 0.4) is 0 Å². The smallest absolute Gasteiger partial charge is 0.244 e. The van der Waals surface area contributed by atoms with E-state index in [1.807, 2.05) is 0 Å². The number of nitrogens with zero attached hydrogens (tertiary/aromatic N) is 1. The Morgan fingerprint density at radius 2 is 2.00 bits per heavy atom. The second-order valence-corrected chi connectivity index (χ2v) is 4.27. The summed E-state index contributed by atoms with van der Waals surface area (Å²) >= 11 is 3.14. The van der Waals surface area contributed by atoms with Gasteiger partial charge in [-0.05, 0) is 26.7 Å². The van der Waals surface area contributed by atoms with Gasteiger partial charge in [0.2, 0.25) is 5.91 Å². The molecule has 0 aromatic heterocycles. The quantitative estimate of drug-likeness (QED) is 0.755. The summed E-state index contributed by atoms with van der Waals surface area (Å²) < 4.78 is 0. The van der Waals surface area contributed by atoms with Crippen LogP contribution in [-0.2, 0) is 4.79 Å². The number of carbonyl (C=O) groups excluding carboxylic acids is 1. The van der Waals surface area contributed by atoms with E-state index in [-0.39, 0.29) is 5.91 Å². The molecule has 0 aromatic carbocycles. The van der Waals surface area contributed by atoms with Crippen LogP contribution in [0.1, 0.15) is 33.1 Å². The van der Waals surface area contributed by atoms with Gasteiger partial charge in [0.1, 0.15) is 0 Å². The molecular formula is C9H17BrN2O. The molecule has 1 amide bonds. The molecule has 76 valence electrons. The predicted molar refractivity (Wildman–Crippen MR) is 56.6 cm³/mol. The number of hydrazine groups is 1. The van der Waals surface area contributed by atoms with Crippen LogP contribution in [0.4, 0.5) is 0 Å². The molecule has 1 fully saturated rings. The Morgan fingerprint density at radius 1 is 1.46 bits per heavy atom. The largest absolute Gasteiger partial charge is 0.288 e. The summed E-state index contributed by atoms with van der Waals surface area (Å²) in [4.78, 5) is 11.2. The van der Waals surface area contributed by atoms with E-state index in [4.69, 9.17) is 0 Å². The Bertz CT molecular complexity index is 176. The van der Waals surface area contributed by atoms with Crippen LogP contribution in [0.25, 0.3) is 0 Å². The lowest BCUT2D eigenvalue weighted by molar-refractivity contribution is -0.126. The predicted octanol–water partition coefficient (Wildman–Crippen LogP) is 1.68. The molecule has 3 nitrogen and oxygen atoms in total. The van der Waals surface area contributed by atoms with Crippen LogP contribution in [0.5, 0.6) is 0 Å². The van der Waals surface area contributed by atoms with Gasteiger partial charge in [0.25, 0.3) is 0 Å². The number of hydrogen-bond acceptors (Lipinski definition) is 2. The zero-order valence-corrected chi connectivity index (χ0v) is 9.80. The molecule has 0 aliphatic carbocycles. The van der Waals surface area contributed by atoms with Gasteiger partial charge in [-0.25, -0.2) is 5.01 Å². The molecule has 1 aliphatic rings. The van der Waals surface area contributed by atoms with E-state index < -0.39 is 0 Å². The number of carbonyl (C=O) groups is 1. The molecule has 2 unspecified atom stereocenters. The Morgan fingerprint density at radius 3 is 2.46 bits per heavy atom. The molecule has 1 rings (SSSR count). The summed E-state index contributed by atoms with van der Waals surface area (Å²) in [5.41, 5.74) is 2.92. The average Bonchev–Trinajstić information content (AvgIpc) is 2.11. The fraction of sp³-hybridized carbons (Fsp3) is 0.889. The molecule has 1 aliphatic heterocycles. The van der Waals surface area contributed by atoms with Crippen LogP contribution < -0.4 is 5.43 Å². The highest BCUT2D eigenvalue weighted by Crippen LogP contribution is 2.19. The van der Waals surface area contributed by atoms with E-state index in [2.05, 4.69) is 40.2 Å². The van der Waals surface area contributed by atoms with Crippen molar-refractivity contribution in [2.45, 2.75) is 45.2 Å². The van der Waals surface area contributed by atoms with Crippen molar-refractivity contribution < 1.29 is 4.79 Å². The van der Waals surface area contributed by atoms with Crippen molar-refractivity contribution in [2.75, 3.05) is 5.33 Å². The lowest BCUT2D eigenvalue weighted by Gasteiger charge is -2.38. The minimum Gasteiger partial charge on any atom is -0.288 e. The summed E-state index contributed by atoms with van der Waals surface area (Å²) in [6.45, 7) is 4.31. The third-order valence-corrected chi connectivity index (χ3v) is 3.08. The standard InChI is InChI=1S/C9H17BrN2O/c1-7-4-3-5-8(2)12(7)11-9(13)6-10/h7-8H,3-6H2,1-2H3,(H,11,13). The van der Waals surface area contributed by atoms with Crippen molar-refractivity contribution in [1.29, 1.82) is 0 Å². The van der Waals surface area contributed by atoms with Gasteiger partial charge in [0.05, 0.1) is 5.33 Å². The molecule has 1 heterocycles. The average molecular weight is 249 g/mol. The number of alkyl halides is 1. The SMILES string of the molecule is CC1CCCC(C)N1NC(=O)CBr. The van der Waals surface area contributed by atoms with Crippen LogP contribution in [0.2, 0.25) is 0 Å². The fourth-order valence-corrected chi connectivity index (χ4v) is 1.94. The first kappa shape index (κ1) is 11.0. The Hall–Kier alpha value is -0.0900. The normalized spacial score (nSPS) is 30.1. The third-order valence-electron chi connectivity index (χ3n) is 2.57.